The monoisotopic (exact) mass is 417 g/mol. The number of halogens is 3. The average molecular weight is 419 g/mol. The molecule has 0 atom stereocenters. The van der Waals surface area contributed by atoms with Crippen LogP contribution >= 0.6 is 36.4 Å². The number of amides is 1. The first-order valence-corrected chi connectivity index (χ1v) is 8.67. The fourth-order valence-corrected chi connectivity index (χ4v) is 3.50. The number of fused-ring (bicyclic) bond motifs is 1. The summed E-state index contributed by atoms with van der Waals surface area (Å²) in [6.45, 7) is 4.70. The van der Waals surface area contributed by atoms with Gasteiger partial charge in [0.25, 0.3) is 5.91 Å². The van der Waals surface area contributed by atoms with Crippen molar-refractivity contribution in [2.24, 2.45) is 0 Å². The lowest BCUT2D eigenvalue weighted by atomic mass is 10.1. The Morgan fingerprint density at radius 1 is 1.08 bits per heavy atom. The minimum absolute atomic E-state index is 0. The van der Waals surface area contributed by atoms with Crippen molar-refractivity contribution in [3.63, 3.8) is 0 Å². The standard InChI is InChI=1S/C17H20ClN5O.2ClH/c18-12-1-3-13(4-2-12)22-7-9-23(10-8-22)17(24)16-14-11-19-6-5-15(14)20-21-16;;/h1-4,19H,5-11H2,(H,20,21);2*1H. The smallest absolute Gasteiger partial charge is 0.274 e. The zero-order valence-corrected chi connectivity index (χ0v) is 16.6. The van der Waals surface area contributed by atoms with Gasteiger partial charge in [-0.1, -0.05) is 11.6 Å². The highest BCUT2D eigenvalue weighted by Gasteiger charge is 2.28. The largest absolute Gasteiger partial charge is 0.368 e. The molecule has 2 N–H and O–H groups in total. The van der Waals surface area contributed by atoms with E-state index >= 15 is 0 Å². The predicted octanol–water partition coefficient (Wildman–Crippen LogP) is 2.51. The molecule has 26 heavy (non-hydrogen) atoms. The Bertz CT molecular complexity index is 741. The number of hydrogen-bond acceptors (Lipinski definition) is 4. The van der Waals surface area contributed by atoms with Gasteiger partial charge >= 0.3 is 0 Å². The lowest BCUT2D eigenvalue weighted by Gasteiger charge is -2.36. The van der Waals surface area contributed by atoms with Crippen LogP contribution in [0.15, 0.2) is 24.3 Å². The Labute approximate surface area is 170 Å². The number of benzene rings is 1. The second-order valence-electron chi connectivity index (χ2n) is 6.21. The highest BCUT2D eigenvalue weighted by Crippen LogP contribution is 2.21. The molecule has 4 rings (SSSR count). The van der Waals surface area contributed by atoms with Gasteiger partial charge in [-0.2, -0.15) is 5.10 Å². The average Bonchev–Trinajstić information content (AvgIpc) is 3.06. The molecule has 2 aliphatic rings. The molecule has 1 amide bonds. The maximum Gasteiger partial charge on any atom is 0.274 e. The minimum Gasteiger partial charge on any atom is -0.368 e. The number of carbonyl (C=O) groups excluding carboxylic acids is 1. The van der Waals surface area contributed by atoms with Crippen molar-refractivity contribution in [3.8, 4) is 0 Å². The Hall–Kier alpha value is -1.47. The van der Waals surface area contributed by atoms with Crippen LogP contribution in [-0.4, -0.2) is 53.7 Å². The number of hydrogen-bond donors (Lipinski definition) is 2. The summed E-state index contributed by atoms with van der Waals surface area (Å²) in [7, 11) is 0. The number of anilines is 1. The zero-order chi connectivity index (χ0) is 16.5. The molecule has 6 nitrogen and oxygen atoms in total. The normalized spacial score (nSPS) is 16.3. The summed E-state index contributed by atoms with van der Waals surface area (Å²) in [5, 5.41) is 11.3. The fraction of sp³-hybridized carbons (Fsp3) is 0.412. The van der Waals surface area contributed by atoms with Crippen LogP contribution in [-0.2, 0) is 13.0 Å². The van der Waals surface area contributed by atoms with Crippen molar-refractivity contribution in [2.75, 3.05) is 37.6 Å². The van der Waals surface area contributed by atoms with Crippen molar-refractivity contribution < 1.29 is 4.79 Å². The molecule has 0 aliphatic carbocycles. The molecule has 9 heteroatoms. The van der Waals surface area contributed by atoms with Gasteiger partial charge in [0.1, 0.15) is 0 Å². The Morgan fingerprint density at radius 2 is 1.77 bits per heavy atom. The van der Waals surface area contributed by atoms with Gasteiger partial charge in [0.2, 0.25) is 0 Å². The predicted molar refractivity (Wildman–Crippen MR) is 108 cm³/mol. The first-order chi connectivity index (χ1) is 11.7. The summed E-state index contributed by atoms with van der Waals surface area (Å²) >= 11 is 5.94. The van der Waals surface area contributed by atoms with Crippen LogP contribution < -0.4 is 10.2 Å². The van der Waals surface area contributed by atoms with Crippen LogP contribution in [0, 0.1) is 0 Å². The third kappa shape index (κ3) is 4.09. The SMILES string of the molecule is Cl.Cl.O=C(c1n[nH]c2c1CNCC2)N1CCN(c2ccc(Cl)cc2)CC1. The number of aromatic nitrogens is 2. The summed E-state index contributed by atoms with van der Waals surface area (Å²) in [6.07, 6.45) is 0.903. The van der Waals surface area contributed by atoms with Gasteiger partial charge < -0.3 is 15.1 Å². The molecule has 3 heterocycles. The molecule has 1 aromatic carbocycles. The van der Waals surface area contributed by atoms with Crippen molar-refractivity contribution in [3.05, 3.63) is 46.2 Å². The van der Waals surface area contributed by atoms with Gasteiger partial charge in [0.15, 0.2) is 5.69 Å². The highest BCUT2D eigenvalue weighted by atomic mass is 35.5. The lowest BCUT2D eigenvalue weighted by Crippen LogP contribution is -2.49. The molecule has 0 bridgehead atoms. The molecular formula is C17H22Cl3N5O. The summed E-state index contributed by atoms with van der Waals surface area (Å²) in [6, 6.07) is 7.85. The topological polar surface area (TPSA) is 64.3 Å². The number of carbonyl (C=O) groups is 1. The van der Waals surface area contributed by atoms with Crippen LogP contribution in [0.5, 0.6) is 0 Å². The molecule has 2 aromatic rings. The maximum atomic E-state index is 12.8. The molecule has 0 saturated carbocycles. The molecule has 1 saturated heterocycles. The van der Waals surface area contributed by atoms with Gasteiger partial charge in [-0.3, -0.25) is 9.89 Å². The fourth-order valence-electron chi connectivity index (χ4n) is 3.37. The van der Waals surface area contributed by atoms with Crippen molar-refractivity contribution >= 4 is 48.0 Å². The molecule has 2 aliphatic heterocycles. The van der Waals surface area contributed by atoms with Gasteiger partial charge in [-0.25, -0.2) is 0 Å². The summed E-state index contributed by atoms with van der Waals surface area (Å²) < 4.78 is 0. The molecule has 1 aromatic heterocycles. The van der Waals surface area contributed by atoms with Crippen LogP contribution in [0.4, 0.5) is 5.69 Å². The first kappa shape index (κ1) is 20.8. The van der Waals surface area contributed by atoms with Gasteiger partial charge in [0, 0.05) is 67.7 Å². The number of piperazine rings is 1. The van der Waals surface area contributed by atoms with Gasteiger partial charge in [-0.15, -0.1) is 24.8 Å². The van der Waals surface area contributed by atoms with E-state index in [9.17, 15) is 4.79 Å². The Balaban J connectivity index is 0.00000121. The molecule has 0 radical (unpaired) electrons. The summed E-state index contributed by atoms with van der Waals surface area (Å²) in [5.41, 5.74) is 3.85. The number of aromatic amines is 1. The van der Waals surface area contributed by atoms with Crippen molar-refractivity contribution in [1.29, 1.82) is 0 Å². The van der Waals surface area contributed by atoms with Gasteiger partial charge in [-0.05, 0) is 24.3 Å². The quantitative estimate of drug-likeness (QED) is 0.786. The Morgan fingerprint density at radius 3 is 2.46 bits per heavy atom. The van der Waals surface area contributed by atoms with E-state index in [1.807, 2.05) is 29.2 Å². The Kier molecular flexibility index (Phi) is 7.17. The number of rotatable bonds is 2. The third-order valence-electron chi connectivity index (χ3n) is 4.77. The molecule has 0 spiro atoms. The number of nitrogens with zero attached hydrogens (tertiary/aromatic N) is 3. The van der Waals surface area contributed by atoms with Crippen molar-refractivity contribution in [1.82, 2.24) is 20.4 Å². The van der Waals surface area contributed by atoms with E-state index in [2.05, 4.69) is 20.4 Å². The van der Waals surface area contributed by atoms with E-state index in [0.717, 1.165) is 54.6 Å². The number of nitrogens with one attached hydrogen (secondary N) is 2. The van der Waals surface area contributed by atoms with Crippen LogP contribution in [0.1, 0.15) is 21.7 Å². The molecule has 142 valence electrons. The van der Waals surface area contributed by atoms with E-state index in [0.29, 0.717) is 18.8 Å². The lowest BCUT2D eigenvalue weighted by molar-refractivity contribution is 0.0739. The van der Waals surface area contributed by atoms with Crippen LogP contribution in [0.2, 0.25) is 5.02 Å². The number of H-pyrrole nitrogens is 1. The van der Waals surface area contributed by atoms with E-state index < -0.39 is 0 Å². The first-order valence-electron chi connectivity index (χ1n) is 8.29. The van der Waals surface area contributed by atoms with Crippen LogP contribution in [0.3, 0.4) is 0 Å². The van der Waals surface area contributed by atoms with E-state index in [4.69, 9.17) is 11.6 Å². The van der Waals surface area contributed by atoms with Gasteiger partial charge in [0.05, 0.1) is 0 Å². The minimum atomic E-state index is 0. The zero-order valence-electron chi connectivity index (χ0n) is 14.2. The maximum absolute atomic E-state index is 12.8. The third-order valence-corrected chi connectivity index (χ3v) is 5.02. The summed E-state index contributed by atoms with van der Waals surface area (Å²) in [5.74, 6) is 0.0342. The highest BCUT2D eigenvalue weighted by molar-refractivity contribution is 6.30. The van der Waals surface area contributed by atoms with E-state index in [-0.39, 0.29) is 30.7 Å². The van der Waals surface area contributed by atoms with E-state index in [1.165, 1.54) is 0 Å². The van der Waals surface area contributed by atoms with Crippen LogP contribution in [0.25, 0.3) is 0 Å². The summed E-state index contributed by atoms with van der Waals surface area (Å²) in [4.78, 5) is 17.0. The molecular weight excluding hydrogens is 397 g/mol. The second-order valence-corrected chi connectivity index (χ2v) is 6.65. The molecule has 1 fully saturated rings. The van der Waals surface area contributed by atoms with E-state index in [1.54, 1.807) is 0 Å². The molecule has 0 unspecified atom stereocenters. The second kappa shape index (κ2) is 8.95. The van der Waals surface area contributed by atoms with Crippen molar-refractivity contribution in [2.45, 2.75) is 13.0 Å².